The average Bonchev–Trinajstić information content (AvgIpc) is 2.58. The minimum absolute atomic E-state index is 0.236. The molecular weight excluding hydrogens is 342 g/mol. The molecule has 0 bridgehead atoms. The van der Waals surface area contributed by atoms with Gasteiger partial charge in [0.25, 0.3) is 0 Å². The van der Waals surface area contributed by atoms with Crippen LogP contribution in [0.1, 0.15) is 11.5 Å². The summed E-state index contributed by atoms with van der Waals surface area (Å²) in [5.74, 6) is -0.240. The average molecular weight is 358 g/mol. The third-order valence-corrected chi connectivity index (χ3v) is 3.41. The number of halogens is 2. The summed E-state index contributed by atoms with van der Waals surface area (Å²) in [5, 5.41) is 5.94. The second-order valence-electron chi connectivity index (χ2n) is 5.42. The van der Waals surface area contributed by atoms with Gasteiger partial charge < -0.3 is 15.4 Å². The number of ether oxygens (including phenoxy) is 1. The molecule has 0 fully saturated rings. The monoisotopic (exact) mass is 358 g/mol. The van der Waals surface area contributed by atoms with Gasteiger partial charge in [-0.3, -0.25) is 0 Å². The van der Waals surface area contributed by atoms with Gasteiger partial charge in [0.1, 0.15) is 29.6 Å². The van der Waals surface area contributed by atoms with Crippen molar-refractivity contribution in [3.8, 4) is 5.75 Å². The number of hydrogen-bond donors (Lipinski definition) is 2. The zero-order valence-corrected chi connectivity index (χ0v) is 14.3. The van der Waals surface area contributed by atoms with Crippen molar-refractivity contribution >= 4 is 23.1 Å². The zero-order chi connectivity index (χ0) is 18.7. The second-order valence-corrected chi connectivity index (χ2v) is 5.42. The predicted molar refractivity (Wildman–Crippen MR) is 93.0 cm³/mol. The molecule has 0 amide bonds. The highest BCUT2D eigenvalue weighted by atomic mass is 19.2. The molecule has 26 heavy (non-hydrogen) atoms. The second kappa shape index (κ2) is 7.26. The van der Waals surface area contributed by atoms with Crippen LogP contribution in [0.2, 0.25) is 0 Å². The van der Waals surface area contributed by atoms with Gasteiger partial charge in [-0.1, -0.05) is 0 Å². The highest BCUT2D eigenvalue weighted by Crippen LogP contribution is 2.31. The maximum Gasteiger partial charge on any atom is 0.202 e. The maximum absolute atomic E-state index is 13.8. The summed E-state index contributed by atoms with van der Waals surface area (Å²) in [6.07, 6.45) is 1.33. The number of nitrogens with zero attached hydrogens (tertiary/aromatic N) is 4. The van der Waals surface area contributed by atoms with E-state index in [0.29, 0.717) is 23.3 Å². The summed E-state index contributed by atoms with van der Waals surface area (Å²) in [4.78, 5) is 16.7. The number of hydrogen-bond acceptors (Lipinski definition) is 7. The van der Waals surface area contributed by atoms with Gasteiger partial charge in [0.2, 0.25) is 5.82 Å². The highest BCUT2D eigenvalue weighted by Gasteiger charge is 2.15. The first kappa shape index (κ1) is 17.5. The van der Waals surface area contributed by atoms with Gasteiger partial charge in [0.15, 0.2) is 11.6 Å². The number of nitrogens with one attached hydrogen (secondary N) is 2. The van der Waals surface area contributed by atoms with Gasteiger partial charge in [-0.25, -0.2) is 24.3 Å². The Morgan fingerprint density at radius 1 is 0.923 bits per heavy atom. The van der Waals surface area contributed by atoms with Crippen molar-refractivity contribution in [3.05, 3.63) is 53.7 Å². The summed E-state index contributed by atoms with van der Waals surface area (Å²) < 4.78 is 32.1. The third kappa shape index (κ3) is 3.82. The molecule has 0 saturated heterocycles. The molecule has 0 saturated carbocycles. The first-order chi connectivity index (χ1) is 12.5. The van der Waals surface area contributed by atoms with Crippen LogP contribution in [0.3, 0.4) is 0 Å². The van der Waals surface area contributed by atoms with Crippen LogP contribution >= 0.6 is 0 Å². The van der Waals surface area contributed by atoms with Crippen molar-refractivity contribution in [2.24, 2.45) is 0 Å². The van der Waals surface area contributed by atoms with Crippen LogP contribution in [0.15, 0.2) is 30.6 Å². The van der Waals surface area contributed by atoms with Crippen molar-refractivity contribution in [1.29, 1.82) is 0 Å². The van der Waals surface area contributed by atoms with E-state index in [4.69, 9.17) is 4.74 Å². The van der Waals surface area contributed by atoms with Crippen molar-refractivity contribution in [3.63, 3.8) is 0 Å². The minimum atomic E-state index is -1.07. The lowest BCUT2D eigenvalue weighted by Crippen LogP contribution is -2.03. The summed E-state index contributed by atoms with van der Waals surface area (Å²) in [7, 11) is 1.26. The van der Waals surface area contributed by atoms with Crippen molar-refractivity contribution in [2.45, 2.75) is 13.8 Å². The zero-order valence-electron chi connectivity index (χ0n) is 14.3. The summed E-state index contributed by atoms with van der Waals surface area (Å²) in [6, 6.07) is 5.75. The topological polar surface area (TPSA) is 84.9 Å². The van der Waals surface area contributed by atoms with E-state index < -0.39 is 11.6 Å². The number of anilines is 4. The first-order valence-electron chi connectivity index (χ1n) is 7.66. The fraction of sp³-hybridized carbons (Fsp3) is 0.176. The van der Waals surface area contributed by atoms with E-state index in [-0.39, 0.29) is 11.4 Å². The number of aryl methyl sites for hydroxylation is 2. The van der Waals surface area contributed by atoms with E-state index in [2.05, 4.69) is 30.6 Å². The van der Waals surface area contributed by atoms with E-state index in [0.717, 1.165) is 11.8 Å². The Bertz CT molecular complexity index is 930. The van der Waals surface area contributed by atoms with Crippen LogP contribution in [-0.2, 0) is 0 Å². The van der Waals surface area contributed by atoms with Crippen molar-refractivity contribution in [1.82, 2.24) is 19.9 Å². The van der Waals surface area contributed by atoms with Crippen LogP contribution < -0.4 is 15.4 Å². The van der Waals surface area contributed by atoms with Gasteiger partial charge >= 0.3 is 0 Å². The molecule has 9 heteroatoms. The van der Waals surface area contributed by atoms with Gasteiger partial charge in [-0.05, 0) is 26.0 Å². The Morgan fingerprint density at radius 2 is 1.65 bits per heavy atom. The summed E-state index contributed by atoms with van der Waals surface area (Å²) in [6.45, 7) is 3.66. The molecule has 0 aliphatic heterocycles. The largest absolute Gasteiger partial charge is 0.491 e. The van der Waals surface area contributed by atoms with E-state index >= 15 is 0 Å². The van der Waals surface area contributed by atoms with Crippen LogP contribution in [0.4, 0.5) is 31.9 Å². The molecule has 2 N–H and O–H groups in total. The Morgan fingerprint density at radius 3 is 2.35 bits per heavy atom. The van der Waals surface area contributed by atoms with Crippen LogP contribution in [0, 0.1) is 25.5 Å². The summed E-state index contributed by atoms with van der Waals surface area (Å²) >= 11 is 0. The molecular formula is C17H16F2N6O. The number of benzene rings is 1. The van der Waals surface area contributed by atoms with Gasteiger partial charge in [-0.2, -0.15) is 4.39 Å². The lowest BCUT2D eigenvalue weighted by Gasteiger charge is -2.12. The van der Waals surface area contributed by atoms with Gasteiger partial charge in [-0.15, -0.1) is 0 Å². The molecule has 134 valence electrons. The first-order valence-corrected chi connectivity index (χ1v) is 7.66. The molecule has 3 aromatic rings. The lowest BCUT2D eigenvalue weighted by molar-refractivity contribution is 0.374. The van der Waals surface area contributed by atoms with Crippen LogP contribution in [-0.4, -0.2) is 27.0 Å². The van der Waals surface area contributed by atoms with E-state index in [1.54, 1.807) is 19.1 Å². The van der Waals surface area contributed by atoms with Crippen molar-refractivity contribution < 1.29 is 13.5 Å². The van der Waals surface area contributed by atoms with Gasteiger partial charge in [0, 0.05) is 17.8 Å². The fourth-order valence-electron chi connectivity index (χ4n) is 2.37. The van der Waals surface area contributed by atoms with E-state index in [1.165, 1.54) is 19.5 Å². The van der Waals surface area contributed by atoms with Gasteiger partial charge in [0.05, 0.1) is 12.8 Å². The Kier molecular flexibility index (Phi) is 4.87. The molecule has 2 heterocycles. The normalized spacial score (nSPS) is 10.5. The number of methoxy groups -OCH3 is 1. The molecule has 0 atom stereocenters. The maximum atomic E-state index is 13.8. The molecule has 3 rings (SSSR count). The highest BCUT2D eigenvalue weighted by molar-refractivity contribution is 5.66. The molecule has 0 unspecified atom stereocenters. The Balaban J connectivity index is 1.85. The number of rotatable bonds is 5. The lowest BCUT2D eigenvalue weighted by atomic mass is 10.2. The van der Waals surface area contributed by atoms with Crippen LogP contribution in [0.5, 0.6) is 5.75 Å². The fourth-order valence-corrected chi connectivity index (χ4v) is 2.37. The number of aromatic nitrogens is 4. The minimum Gasteiger partial charge on any atom is -0.491 e. The van der Waals surface area contributed by atoms with E-state index in [9.17, 15) is 8.78 Å². The SMILES string of the molecule is COc1c(Nc2cc(Nc3cc(C)nc(C)n3)ncn2)ccc(F)c1F. The standard InChI is InChI=1S/C17H16F2N6O/c1-9-6-15(23-10(2)22-9)25-14-7-13(20-8-21-14)24-12-5-4-11(18)16(19)17(12)26-3/h4-8H,1-3H3,(H2,20,21,22,23,24,25). The molecule has 0 radical (unpaired) electrons. The van der Waals surface area contributed by atoms with Crippen molar-refractivity contribution in [2.75, 3.05) is 17.7 Å². The predicted octanol–water partition coefficient (Wildman–Crippen LogP) is 3.66. The molecule has 0 aliphatic carbocycles. The molecule has 7 nitrogen and oxygen atoms in total. The quantitative estimate of drug-likeness (QED) is 0.720. The Hall–Kier alpha value is -3.36. The molecule has 0 aliphatic rings. The third-order valence-electron chi connectivity index (χ3n) is 3.41. The molecule has 1 aromatic carbocycles. The Labute approximate surface area is 148 Å². The van der Waals surface area contributed by atoms with E-state index in [1.807, 2.05) is 6.92 Å². The molecule has 2 aromatic heterocycles. The molecule has 0 spiro atoms. The smallest absolute Gasteiger partial charge is 0.202 e. The van der Waals surface area contributed by atoms with Crippen LogP contribution in [0.25, 0.3) is 0 Å². The summed E-state index contributed by atoms with van der Waals surface area (Å²) in [5.41, 5.74) is 1.06.